The lowest BCUT2D eigenvalue weighted by atomic mass is 10.0. The number of carboxylic acid groups (broad SMARTS) is 1. The van der Waals surface area contributed by atoms with Gasteiger partial charge in [-0.2, -0.15) is 0 Å². The van der Waals surface area contributed by atoms with Crippen molar-refractivity contribution < 1.29 is 38.1 Å². The van der Waals surface area contributed by atoms with Crippen LogP contribution in [-0.2, 0) is 25.5 Å². The fraction of sp³-hybridized carbons (Fsp3) is 0.300. The highest BCUT2D eigenvalue weighted by atomic mass is 16.7. The first-order valence-corrected chi connectivity index (χ1v) is 8.35. The standard InChI is InChI=1S/C20H22O8/c1-13(21)4-5-15-6-7-17(28-15)20-14(9-19(22)23)8-16(26-11-24-2)10-18(20)27-12-25-3/h4-8,10H,9,11-12H2,1-3H3,(H,22,23). The number of furan rings is 1. The van der Waals surface area contributed by atoms with Gasteiger partial charge in [-0.1, -0.05) is 0 Å². The molecule has 0 aliphatic rings. The van der Waals surface area contributed by atoms with Crippen LogP contribution in [0.25, 0.3) is 17.4 Å². The molecule has 0 bridgehead atoms. The molecule has 1 aromatic heterocycles. The largest absolute Gasteiger partial charge is 0.481 e. The van der Waals surface area contributed by atoms with Crippen molar-refractivity contribution >= 4 is 17.8 Å². The summed E-state index contributed by atoms with van der Waals surface area (Å²) in [6.07, 6.45) is 2.64. The van der Waals surface area contributed by atoms with Crippen LogP contribution >= 0.6 is 0 Å². The van der Waals surface area contributed by atoms with Gasteiger partial charge in [0.25, 0.3) is 0 Å². The molecule has 0 aliphatic carbocycles. The summed E-state index contributed by atoms with van der Waals surface area (Å²) in [6.45, 7) is 1.38. The number of aliphatic carboxylic acids is 1. The number of hydrogen-bond donors (Lipinski definition) is 1. The Hall–Kier alpha value is -3.10. The van der Waals surface area contributed by atoms with Crippen LogP contribution in [0, 0.1) is 0 Å². The minimum Gasteiger partial charge on any atom is -0.481 e. The van der Waals surface area contributed by atoms with Crippen LogP contribution < -0.4 is 9.47 Å². The van der Waals surface area contributed by atoms with Crippen molar-refractivity contribution in [1.29, 1.82) is 0 Å². The molecule has 8 heteroatoms. The predicted molar refractivity (Wildman–Crippen MR) is 100 cm³/mol. The summed E-state index contributed by atoms with van der Waals surface area (Å²) in [6, 6.07) is 6.55. The molecule has 1 heterocycles. The lowest BCUT2D eigenvalue weighted by molar-refractivity contribution is -0.136. The third-order valence-electron chi connectivity index (χ3n) is 3.53. The number of carbonyl (C=O) groups excluding carboxylic acids is 1. The van der Waals surface area contributed by atoms with E-state index in [0.29, 0.717) is 34.1 Å². The fourth-order valence-electron chi connectivity index (χ4n) is 2.45. The topological polar surface area (TPSA) is 104 Å². The number of rotatable bonds is 11. The van der Waals surface area contributed by atoms with Gasteiger partial charge in [-0.15, -0.1) is 0 Å². The van der Waals surface area contributed by atoms with Crippen molar-refractivity contribution in [1.82, 2.24) is 0 Å². The zero-order chi connectivity index (χ0) is 20.5. The summed E-state index contributed by atoms with van der Waals surface area (Å²) >= 11 is 0. The second kappa shape index (κ2) is 10.3. The number of ketones is 1. The molecule has 0 spiro atoms. The van der Waals surface area contributed by atoms with Crippen LogP contribution in [0.15, 0.2) is 34.8 Å². The van der Waals surface area contributed by atoms with Gasteiger partial charge in [0.05, 0.1) is 12.0 Å². The third-order valence-corrected chi connectivity index (χ3v) is 3.53. The van der Waals surface area contributed by atoms with E-state index >= 15 is 0 Å². The number of carbonyl (C=O) groups is 2. The summed E-state index contributed by atoms with van der Waals surface area (Å²) in [5.41, 5.74) is 0.898. The van der Waals surface area contributed by atoms with Gasteiger partial charge in [0.15, 0.2) is 19.4 Å². The molecular weight excluding hydrogens is 368 g/mol. The number of hydrogen-bond acceptors (Lipinski definition) is 7. The van der Waals surface area contributed by atoms with Gasteiger partial charge in [-0.05, 0) is 42.8 Å². The van der Waals surface area contributed by atoms with Crippen molar-refractivity contribution in [3.8, 4) is 22.8 Å². The molecule has 1 N–H and O–H groups in total. The number of methoxy groups -OCH3 is 2. The van der Waals surface area contributed by atoms with Crippen LogP contribution in [-0.4, -0.2) is 44.7 Å². The van der Waals surface area contributed by atoms with Gasteiger partial charge < -0.3 is 28.5 Å². The van der Waals surface area contributed by atoms with Crippen LogP contribution in [0.5, 0.6) is 11.5 Å². The van der Waals surface area contributed by atoms with Gasteiger partial charge in [0.1, 0.15) is 23.0 Å². The molecule has 0 saturated heterocycles. The SMILES string of the molecule is COCOc1cc(CC(=O)O)c(-c2ccc(C=CC(C)=O)o2)c(OCOC)c1. The first-order valence-electron chi connectivity index (χ1n) is 8.35. The van der Waals surface area contributed by atoms with Crippen molar-refractivity contribution in [2.24, 2.45) is 0 Å². The smallest absolute Gasteiger partial charge is 0.307 e. The summed E-state index contributed by atoms with van der Waals surface area (Å²) in [7, 11) is 2.95. The van der Waals surface area contributed by atoms with Crippen molar-refractivity contribution in [3.05, 3.63) is 41.7 Å². The lowest BCUT2D eigenvalue weighted by Gasteiger charge is -2.16. The quantitative estimate of drug-likeness (QED) is 0.461. The van der Waals surface area contributed by atoms with Crippen LogP contribution in [0.4, 0.5) is 0 Å². The number of benzene rings is 1. The average Bonchev–Trinajstić information content (AvgIpc) is 3.10. The van der Waals surface area contributed by atoms with E-state index in [-0.39, 0.29) is 25.8 Å². The maximum absolute atomic E-state index is 11.4. The van der Waals surface area contributed by atoms with Gasteiger partial charge >= 0.3 is 5.97 Å². The summed E-state index contributed by atoms with van der Waals surface area (Å²) in [4.78, 5) is 22.5. The van der Waals surface area contributed by atoms with Crippen LogP contribution in [0.1, 0.15) is 18.2 Å². The Balaban J connectivity index is 2.54. The Morgan fingerprint density at radius 1 is 1.11 bits per heavy atom. The monoisotopic (exact) mass is 390 g/mol. The Morgan fingerprint density at radius 2 is 1.82 bits per heavy atom. The maximum atomic E-state index is 11.4. The third kappa shape index (κ3) is 5.97. The number of allylic oxidation sites excluding steroid dienone is 1. The molecule has 8 nitrogen and oxygen atoms in total. The highest BCUT2D eigenvalue weighted by Gasteiger charge is 2.20. The molecule has 2 rings (SSSR count). The molecule has 2 aromatic rings. The number of ether oxygens (including phenoxy) is 4. The molecule has 0 fully saturated rings. The fourth-order valence-corrected chi connectivity index (χ4v) is 2.45. The van der Waals surface area contributed by atoms with Crippen molar-refractivity contribution in [3.63, 3.8) is 0 Å². The van der Waals surface area contributed by atoms with E-state index in [1.165, 1.54) is 33.3 Å². The minimum absolute atomic E-state index is 0.00365. The summed E-state index contributed by atoms with van der Waals surface area (Å²) < 4.78 is 26.7. The number of carboxylic acids is 1. The lowest BCUT2D eigenvalue weighted by Crippen LogP contribution is -2.07. The predicted octanol–water partition coefficient (Wildman–Crippen LogP) is 3.14. The Labute approximate surface area is 162 Å². The van der Waals surface area contributed by atoms with Gasteiger partial charge in [-0.3, -0.25) is 9.59 Å². The maximum Gasteiger partial charge on any atom is 0.307 e. The van der Waals surface area contributed by atoms with Crippen molar-refractivity contribution in [2.75, 3.05) is 27.8 Å². The molecule has 1 aromatic carbocycles. The Morgan fingerprint density at radius 3 is 2.46 bits per heavy atom. The molecule has 0 aliphatic heterocycles. The molecule has 0 saturated carbocycles. The molecule has 0 atom stereocenters. The van der Waals surface area contributed by atoms with E-state index in [9.17, 15) is 14.7 Å². The Kier molecular flexibility index (Phi) is 7.79. The van der Waals surface area contributed by atoms with Gasteiger partial charge in [0, 0.05) is 20.3 Å². The molecule has 0 radical (unpaired) electrons. The van der Waals surface area contributed by atoms with E-state index in [2.05, 4.69) is 0 Å². The van der Waals surface area contributed by atoms with Gasteiger partial charge in [0.2, 0.25) is 0 Å². The van der Waals surface area contributed by atoms with Crippen molar-refractivity contribution in [2.45, 2.75) is 13.3 Å². The van der Waals surface area contributed by atoms with Crippen LogP contribution in [0.3, 0.4) is 0 Å². The molecule has 0 amide bonds. The Bertz CT molecular complexity index is 850. The minimum atomic E-state index is -1.02. The van der Waals surface area contributed by atoms with Gasteiger partial charge in [-0.25, -0.2) is 0 Å². The molecule has 0 unspecified atom stereocenters. The first kappa shape index (κ1) is 21.2. The zero-order valence-electron chi connectivity index (χ0n) is 15.9. The zero-order valence-corrected chi connectivity index (χ0v) is 15.9. The average molecular weight is 390 g/mol. The van der Waals surface area contributed by atoms with E-state index in [1.54, 1.807) is 24.3 Å². The van der Waals surface area contributed by atoms with E-state index in [0.717, 1.165) is 0 Å². The van der Waals surface area contributed by atoms with E-state index in [1.807, 2.05) is 0 Å². The first-order chi connectivity index (χ1) is 13.4. The molecular formula is C20H22O8. The highest BCUT2D eigenvalue weighted by molar-refractivity contribution is 5.91. The summed E-state index contributed by atoms with van der Waals surface area (Å²) in [5, 5.41) is 9.31. The van der Waals surface area contributed by atoms with Crippen LogP contribution in [0.2, 0.25) is 0 Å². The highest BCUT2D eigenvalue weighted by Crippen LogP contribution is 2.39. The summed E-state index contributed by atoms with van der Waals surface area (Å²) in [5.74, 6) is 0.423. The molecule has 28 heavy (non-hydrogen) atoms. The second-order valence-electron chi connectivity index (χ2n) is 5.77. The molecule has 150 valence electrons. The normalized spacial score (nSPS) is 11.0. The van der Waals surface area contributed by atoms with E-state index in [4.69, 9.17) is 23.4 Å². The van der Waals surface area contributed by atoms with E-state index < -0.39 is 5.97 Å². The second-order valence-corrected chi connectivity index (χ2v) is 5.77.